The fourth-order valence-electron chi connectivity index (χ4n) is 2.08. The molecule has 18 heavy (non-hydrogen) atoms. The SMILES string of the molecule is COP(=O)(CC(=O)C1(CC=C(C)Cl)CCC1)OC. The molecule has 0 heterocycles. The summed E-state index contributed by atoms with van der Waals surface area (Å²) in [6.45, 7) is 1.79. The molecule has 0 bridgehead atoms. The molecule has 0 aromatic heterocycles. The summed E-state index contributed by atoms with van der Waals surface area (Å²) >= 11 is 5.80. The van der Waals surface area contributed by atoms with Gasteiger partial charge in [0, 0.05) is 24.7 Å². The second-order valence-corrected chi connectivity index (χ2v) is 7.55. The van der Waals surface area contributed by atoms with Gasteiger partial charge in [0.2, 0.25) is 0 Å². The Labute approximate surface area is 113 Å². The number of Topliss-reactive ketones (excluding diaryl/α,β-unsaturated/α-hetero) is 1. The van der Waals surface area contributed by atoms with Gasteiger partial charge in [-0.2, -0.15) is 0 Å². The fourth-order valence-corrected chi connectivity index (χ4v) is 3.26. The van der Waals surface area contributed by atoms with Gasteiger partial charge < -0.3 is 9.05 Å². The first kappa shape index (κ1) is 15.9. The lowest BCUT2D eigenvalue weighted by molar-refractivity contribution is -0.130. The summed E-state index contributed by atoms with van der Waals surface area (Å²) in [5.74, 6) is -0.0463. The van der Waals surface area contributed by atoms with Crippen molar-refractivity contribution >= 4 is 25.0 Å². The normalized spacial score (nSPS) is 19.4. The molecule has 0 aliphatic heterocycles. The van der Waals surface area contributed by atoms with E-state index >= 15 is 0 Å². The lowest BCUT2D eigenvalue weighted by Gasteiger charge is -2.40. The van der Waals surface area contributed by atoms with E-state index in [9.17, 15) is 9.36 Å². The van der Waals surface area contributed by atoms with Gasteiger partial charge in [0.1, 0.15) is 6.16 Å². The van der Waals surface area contributed by atoms with Crippen LogP contribution in [0.5, 0.6) is 0 Å². The molecule has 0 aromatic carbocycles. The van der Waals surface area contributed by atoms with Crippen LogP contribution in [-0.2, 0) is 18.4 Å². The Balaban J connectivity index is 2.74. The first-order chi connectivity index (χ1) is 8.37. The molecule has 0 N–H and O–H groups in total. The van der Waals surface area contributed by atoms with Crippen molar-refractivity contribution in [3.05, 3.63) is 11.1 Å². The van der Waals surface area contributed by atoms with Gasteiger partial charge in [0.15, 0.2) is 5.78 Å². The smallest absolute Gasteiger partial charge is 0.312 e. The third-order valence-electron chi connectivity index (χ3n) is 3.57. The van der Waals surface area contributed by atoms with Crippen molar-refractivity contribution < 1.29 is 18.4 Å². The van der Waals surface area contributed by atoms with Gasteiger partial charge in [0.25, 0.3) is 0 Å². The number of hydrogen-bond donors (Lipinski definition) is 0. The van der Waals surface area contributed by atoms with E-state index in [1.54, 1.807) is 6.92 Å². The Hall–Kier alpha value is -0.150. The van der Waals surface area contributed by atoms with E-state index in [4.69, 9.17) is 20.6 Å². The first-order valence-corrected chi connectivity index (χ1v) is 8.04. The van der Waals surface area contributed by atoms with Gasteiger partial charge in [0.05, 0.1) is 0 Å². The van der Waals surface area contributed by atoms with Crippen LogP contribution in [-0.4, -0.2) is 26.2 Å². The number of allylic oxidation sites excluding steroid dienone is 2. The largest absolute Gasteiger partial charge is 0.337 e. The van der Waals surface area contributed by atoms with E-state index in [0.717, 1.165) is 19.3 Å². The molecule has 1 rings (SSSR count). The quantitative estimate of drug-likeness (QED) is 0.671. The number of carbonyl (C=O) groups is 1. The summed E-state index contributed by atoms with van der Waals surface area (Å²) in [7, 11) is -0.665. The highest BCUT2D eigenvalue weighted by Gasteiger charge is 2.45. The van der Waals surface area contributed by atoms with Crippen molar-refractivity contribution in [1.82, 2.24) is 0 Å². The van der Waals surface area contributed by atoms with Crippen LogP contribution in [0.2, 0.25) is 0 Å². The lowest BCUT2D eigenvalue weighted by Crippen LogP contribution is -2.39. The molecule has 0 aromatic rings. The average molecular weight is 295 g/mol. The monoisotopic (exact) mass is 294 g/mol. The lowest BCUT2D eigenvalue weighted by atomic mass is 9.64. The van der Waals surface area contributed by atoms with Gasteiger partial charge >= 0.3 is 7.60 Å². The Morgan fingerprint density at radius 2 is 1.94 bits per heavy atom. The Bertz CT molecular complexity index is 376. The molecule has 0 atom stereocenters. The standard InChI is InChI=1S/C12H20ClO4P/c1-10(13)5-8-12(6-4-7-12)11(14)9-18(15,16-2)17-3/h5H,4,6-9H2,1-3H3. The maximum absolute atomic E-state index is 12.3. The van der Waals surface area contributed by atoms with Crippen LogP contribution in [0.1, 0.15) is 32.6 Å². The minimum Gasteiger partial charge on any atom is -0.312 e. The third-order valence-corrected chi connectivity index (χ3v) is 5.51. The van der Waals surface area contributed by atoms with E-state index in [0.29, 0.717) is 11.5 Å². The van der Waals surface area contributed by atoms with Gasteiger partial charge in [-0.3, -0.25) is 9.36 Å². The van der Waals surface area contributed by atoms with Crippen molar-refractivity contribution in [2.75, 3.05) is 20.4 Å². The molecule has 0 amide bonds. The van der Waals surface area contributed by atoms with Gasteiger partial charge in [-0.25, -0.2) is 0 Å². The minimum absolute atomic E-state index is 0.0463. The van der Waals surface area contributed by atoms with Crippen LogP contribution < -0.4 is 0 Å². The maximum Gasteiger partial charge on any atom is 0.337 e. The zero-order valence-electron chi connectivity index (χ0n) is 11.1. The summed E-state index contributed by atoms with van der Waals surface area (Å²) < 4.78 is 21.6. The summed E-state index contributed by atoms with van der Waals surface area (Å²) in [6, 6.07) is 0. The Morgan fingerprint density at radius 1 is 1.39 bits per heavy atom. The van der Waals surface area contributed by atoms with Crippen LogP contribution in [0.3, 0.4) is 0 Å². The van der Waals surface area contributed by atoms with Crippen molar-refractivity contribution in [3.8, 4) is 0 Å². The molecule has 1 aliphatic rings. The number of carbonyl (C=O) groups excluding carboxylic acids is 1. The van der Waals surface area contributed by atoms with E-state index in [1.807, 2.05) is 6.08 Å². The highest BCUT2D eigenvalue weighted by atomic mass is 35.5. The number of ketones is 1. The predicted molar refractivity (Wildman–Crippen MR) is 72.0 cm³/mol. The fraction of sp³-hybridized carbons (Fsp3) is 0.750. The number of rotatable bonds is 7. The molecule has 0 radical (unpaired) electrons. The van der Waals surface area contributed by atoms with Crippen LogP contribution >= 0.6 is 19.2 Å². The molecule has 1 saturated carbocycles. The molecule has 6 heteroatoms. The van der Waals surface area contributed by atoms with Crippen molar-refractivity contribution in [1.29, 1.82) is 0 Å². The molecule has 0 spiro atoms. The number of halogens is 1. The average Bonchev–Trinajstić information content (AvgIpc) is 2.27. The zero-order valence-corrected chi connectivity index (χ0v) is 12.7. The second-order valence-electron chi connectivity index (χ2n) is 4.69. The van der Waals surface area contributed by atoms with Crippen LogP contribution in [0, 0.1) is 5.41 Å². The maximum atomic E-state index is 12.3. The Morgan fingerprint density at radius 3 is 2.28 bits per heavy atom. The summed E-state index contributed by atoms with van der Waals surface area (Å²) in [4.78, 5) is 12.3. The highest BCUT2D eigenvalue weighted by molar-refractivity contribution is 7.54. The van der Waals surface area contributed by atoms with Crippen LogP contribution in [0.25, 0.3) is 0 Å². The van der Waals surface area contributed by atoms with Gasteiger partial charge in [-0.15, -0.1) is 0 Å². The zero-order chi connectivity index (χ0) is 13.8. The Kier molecular flexibility index (Phi) is 5.60. The predicted octanol–water partition coefficient (Wildman–Crippen LogP) is 3.74. The van der Waals surface area contributed by atoms with E-state index in [2.05, 4.69) is 0 Å². The first-order valence-electron chi connectivity index (χ1n) is 5.93. The van der Waals surface area contributed by atoms with Crippen LogP contribution in [0.4, 0.5) is 0 Å². The van der Waals surface area contributed by atoms with Crippen LogP contribution in [0.15, 0.2) is 11.1 Å². The molecule has 0 unspecified atom stereocenters. The topological polar surface area (TPSA) is 52.6 Å². The molecule has 4 nitrogen and oxygen atoms in total. The summed E-state index contributed by atoms with van der Waals surface area (Å²) in [5.41, 5.74) is -0.414. The summed E-state index contributed by atoms with van der Waals surface area (Å²) in [5, 5.41) is 0.677. The minimum atomic E-state index is -3.26. The molecule has 1 fully saturated rings. The van der Waals surface area contributed by atoms with Crippen molar-refractivity contribution in [2.24, 2.45) is 5.41 Å². The van der Waals surface area contributed by atoms with Crippen molar-refractivity contribution in [2.45, 2.75) is 32.6 Å². The van der Waals surface area contributed by atoms with E-state index in [1.165, 1.54) is 14.2 Å². The number of hydrogen-bond acceptors (Lipinski definition) is 4. The molecular formula is C12H20ClO4P. The second kappa shape index (κ2) is 6.33. The summed E-state index contributed by atoms with van der Waals surface area (Å²) in [6.07, 6.45) is 4.96. The van der Waals surface area contributed by atoms with E-state index < -0.39 is 13.0 Å². The molecule has 104 valence electrons. The molecular weight excluding hydrogens is 275 g/mol. The van der Waals surface area contributed by atoms with Gasteiger partial charge in [-0.05, 0) is 26.2 Å². The van der Waals surface area contributed by atoms with Crippen molar-refractivity contribution in [3.63, 3.8) is 0 Å². The third kappa shape index (κ3) is 3.67. The molecule has 0 saturated heterocycles. The molecule has 1 aliphatic carbocycles. The van der Waals surface area contributed by atoms with E-state index in [-0.39, 0.29) is 11.9 Å². The highest BCUT2D eigenvalue weighted by Crippen LogP contribution is 2.52. The van der Waals surface area contributed by atoms with Gasteiger partial charge in [-0.1, -0.05) is 24.1 Å².